The van der Waals surface area contributed by atoms with Crippen LogP contribution in [0.5, 0.6) is 0 Å². The number of benzene rings is 3. The number of hydrogen-bond acceptors (Lipinski definition) is 10. The highest BCUT2D eigenvalue weighted by atomic mass is 32.1. The topological polar surface area (TPSA) is 125 Å². The van der Waals surface area contributed by atoms with Gasteiger partial charge >= 0.3 is 11.9 Å². The number of carbonyl (C=O) groups is 2. The molecule has 7 rings (SSSR count). The Balaban J connectivity index is 1.08. The Morgan fingerprint density at radius 3 is 1.27 bits per heavy atom. The average molecular weight is 904 g/mol. The van der Waals surface area contributed by atoms with E-state index in [1.165, 1.54) is 40.4 Å². The molecule has 0 aliphatic carbocycles. The van der Waals surface area contributed by atoms with E-state index < -0.39 is 11.9 Å². The lowest BCUT2D eigenvalue weighted by molar-refractivity contribution is -0.133. The Morgan fingerprint density at radius 2 is 0.919 bits per heavy atom. The maximum absolute atomic E-state index is 11.3. The number of aliphatic carboxylic acids is 2. The molecule has 0 fully saturated rings. The number of nitriles is 2. The number of rotatable bonds is 16. The van der Waals surface area contributed by atoms with Crippen molar-refractivity contribution in [3.8, 4) is 31.6 Å². The summed E-state index contributed by atoms with van der Waals surface area (Å²) >= 11 is 11.0. The van der Waals surface area contributed by atoms with Gasteiger partial charge in [0.15, 0.2) is 0 Å². The molecule has 0 amide bonds. The van der Waals surface area contributed by atoms with E-state index in [1.54, 1.807) is 34.8 Å². The minimum Gasteiger partial charge on any atom is -0.477 e. The lowest BCUT2D eigenvalue weighted by Gasteiger charge is -2.26. The lowest BCUT2D eigenvalue weighted by Crippen LogP contribution is -2.10. The molecule has 12 heteroatoms. The van der Waals surface area contributed by atoms with Gasteiger partial charge in [-0.15, -0.1) is 45.3 Å². The highest BCUT2D eigenvalue weighted by Crippen LogP contribution is 2.39. The number of hydrogen-bond donors (Lipinski definition) is 3. The molecular formula is C50H37N3O4S5. The van der Waals surface area contributed by atoms with Crippen LogP contribution in [0.1, 0.15) is 61.2 Å². The summed E-state index contributed by atoms with van der Waals surface area (Å²) in [6, 6.07) is 44.8. The number of carboxylic acids is 2. The molecule has 0 saturated carbocycles. The fourth-order valence-electron chi connectivity index (χ4n) is 6.40. The van der Waals surface area contributed by atoms with Crippen LogP contribution in [-0.4, -0.2) is 22.2 Å². The van der Waals surface area contributed by atoms with Gasteiger partial charge in [-0.1, -0.05) is 61.9 Å². The first-order valence-electron chi connectivity index (χ1n) is 19.4. The Hall–Kier alpha value is -6.51. The molecule has 62 heavy (non-hydrogen) atoms. The highest BCUT2D eigenvalue weighted by Gasteiger charge is 2.15. The first-order chi connectivity index (χ1) is 30.1. The Morgan fingerprint density at radius 1 is 0.565 bits per heavy atom. The molecular weight excluding hydrogens is 867 g/mol. The van der Waals surface area contributed by atoms with Gasteiger partial charge in [0.25, 0.3) is 0 Å². The minimum atomic E-state index is -1.24. The highest BCUT2D eigenvalue weighted by molar-refractivity contribution is 7.80. The molecule has 1 atom stereocenters. The van der Waals surface area contributed by atoms with Gasteiger partial charge in [0, 0.05) is 61.3 Å². The maximum atomic E-state index is 11.3. The Labute approximate surface area is 381 Å². The van der Waals surface area contributed by atoms with Gasteiger partial charge in [0.05, 0.1) is 0 Å². The maximum Gasteiger partial charge on any atom is 0.346 e. The first-order valence-corrected chi connectivity index (χ1v) is 23.1. The largest absolute Gasteiger partial charge is 0.477 e. The number of nitrogens with zero attached hydrogens (tertiary/aromatic N) is 3. The number of thiophene rings is 4. The first kappa shape index (κ1) is 43.6. The van der Waals surface area contributed by atoms with E-state index in [0.29, 0.717) is 9.75 Å². The standard InChI is InChI=1S/C50H37N3O4S5/c1-2-3-44(58)34-10-16-39(17-11-34)53(37-12-4-32(5-13-37)8-18-40-20-24-45(59-40)47-26-22-42(61-47)28-35(30-51)49(54)55)38-14-6-33(7-15-38)9-19-41-21-25-46(60-41)48-27-23-43(62-48)29-36(31-52)50(56)57/h4-29,44,58H,2-3H2,1H3,(H,54,55)(H,56,57)/b18-8+,19-9+,35-28+,36-29+. The van der Waals surface area contributed by atoms with Crippen LogP contribution in [0.2, 0.25) is 0 Å². The molecule has 0 aliphatic rings. The SMILES string of the molecule is CCCC(S)c1ccc(N(c2ccc(/C=C/c3ccc(-c4ccc(/C=C(\C#N)C(=O)O)s4)s3)cc2)c2ccc(/C=C/c3ccc(-c4ccc(/C=C(\C#N)C(=O)O)s4)s3)cc2)cc1. The van der Waals surface area contributed by atoms with E-state index in [-0.39, 0.29) is 16.4 Å². The van der Waals surface area contributed by atoms with Crippen LogP contribution in [-0.2, 0) is 9.59 Å². The van der Waals surface area contributed by atoms with E-state index in [9.17, 15) is 19.8 Å². The minimum absolute atomic E-state index is 0.182. The van der Waals surface area contributed by atoms with Crippen LogP contribution in [0.15, 0.2) is 132 Å². The summed E-state index contributed by atoms with van der Waals surface area (Å²) in [6.45, 7) is 2.17. The van der Waals surface area contributed by atoms with E-state index in [2.05, 4.69) is 133 Å². The summed E-state index contributed by atoms with van der Waals surface area (Å²) in [5.41, 5.74) is 5.79. The molecule has 0 aliphatic heterocycles. The fraction of sp³-hybridized carbons (Fsp3) is 0.0800. The second-order valence-corrected chi connectivity index (χ2v) is 18.9. The molecule has 0 bridgehead atoms. The summed E-state index contributed by atoms with van der Waals surface area (Å²) < 4.78 is 0. The van der Waals surface area contributed by atoms with E-state index in [4.69, 9.17) is 23.2 Å². The van der Waals surface area contributed by atoms with Gasteiger partial charge in [-0.2, -0.15) is 23.2 Å². The van der Waals surface area contributed by atoms with Gasteiger partial charge in [-0.3, -0.25) is 0 Å². The van der Waals surface area contributed by atoms with Crippen molar-refractivity contribution < 1.29 is 19.8 Å². The summed E-state index contributed by atoms with van der Waals surface area (Å²) in [5, 5.41) is 36.8. The third kappa shape index (κ3) is 10.9. The van der Waals surface area contributed by atoms with E-state index in [0.717, 1.165) is 70.3 Å². The molecule has 0 spiro atoms. The van der Waals surface area contributed by atoms with E-state index in [1.807, 2.05) is 24.3 Å². The molecule has 3 aromatic carbocycles. The Kier molecular flexibility index (Phi) is 14.3. The number of anilines is 3. The monoisotopic (exact) mass is 903 g/mol. The van der Waals surface area contributed by atoms with Crippen LogP contribution < -0.4 is 4.90 Å². The number of carboxylic acid groups (broad SMARTS) is 2. The summed E-state index contributed by atoms with van der Waals surface area (Å²) in [7, 11) is 0. The second kappa shape index (κ2) is 20.4. The Bertz CT molecular complexity index is 2740. The summed E-state index contributed by atoms with van der Waals surface area (Å²) in [6.07, 6.45) is 13.2. The van der Waals surface area contributed by atoms with Crippen molar-refractivity contribution in [3.05, 3.63) is 169 Å². The van der Waals surface area contributed by atoms with Crippen molar-refractivity contribution in [2.24, 2.45) is 0 Å². The quantitative estimate of drug-likeness (QED) is 0.0501. The number of thiol groups is 1. The van der Waals surface area contributed by atoms with Crippen molar-refractivity contribution in [3.63, 3.8) is 0 Å². The average Bonchev–Trinajstić information content (AvgIpc) is 4.13. The van der Waals surface area contributed by atoms with Gasteiger partial charge in [0.2, 0.25) is 0 Å². The van der Waals surface area contributed by atoms with Crippen LogP contribution in [0.4, 0.5) is 17.1 Å². The van der Waals surface area contributed by atoms with Gasteiger partial charge in [-0.05, 0) is 132 Å². The zero-order valence-electron chi connectivity index (χ0n) is 33.1. The smallest absolute Gasteiger partial charge is 0.346 e. The van der Waals surface area contributed by atoms with Crippen LogP contribution in [0.25, 0.3) is 56.0 Å². The van der Waals surface area contributed by atoms with Crippen LogP contribution >= 0.6 is 58.0 Å². The van der Waals surface area contributed by atoms with Crippen molar-refractivity contribution in [2.75, 3.05) is 4.90 Å². The molecule has 0 radical (unpaired) electrons. The molecule has 4 aromatic heterocycles. The van der Waals surface area contributed by atoms with Gasteiger partial charge in [0.1, 0.15) is 23.3 Å². The van der Waals surface area contributed by atoms with Crippen molar-refractivity contribution in [2.45, 2.75) is 25.0 Å². The zero-order chi connectivity index (χ0) is 43.6. The second-order valence-electron chi connectivity index (χ2n) is 13.8. The van der Waals surface area contributed by atoms with Crippen molar-refractivity contribution >= 4 is 123 Å². The molecule has 4 heterocycles. The van der Waals surface area contributed by atoms with Crippen molar-refractivity contribution in [1.29, 1.82) is 10.5 Å². The lowest BCUT2D eigenvalue weighted by atomic mass is 10.1. The fourth-order valence-corrected chi connectivity index (χ4v) is 10.7. The van der Waals surface area contributed by atoms with Crippen LogP contribution in [0.3, 0.4) is 0 Å². The molecule has 7 nitrogen and oxygen atoms in total. The van der Waals surface area contributed by atoms with E-state index >= 15 is 0 Å². The third-order valence-electron chi connectivity index (χ3n) is 9.55. The predicted molar refractivity (Wildman–Crippen MR) is 263 cm³/mol. The molecule has 0 saturated heterocycles. The summed E-state index contributed by atoms with van der Waals surface area (Å²) in [4.78, 5) is 32.5. The normalized spacial score (nSPS) is 12.4. The predicted octanol–water partition coefficient (Wildman–Crippen LogP) is 14.8. The van der Waals surface area contributed by atoms with Crippen molar-refractivity contribution in [1.82, 2.24) is 0 Å². The van der Waals surface area contributed by atoms with Gasteiger partial charge in [-0.25, -0.2) is 9.59 Å². The third-order valence-corrected chi connectivity index (χ3v) is 14.7. The van der Waals surface area contributed by atoms with Gasteiger partial charge < -0.3 is 15.1 Å². The van der Waals surface area contributed by atoms with Crippen LogP contribution in [0, 0.1) is 22.7 Å². The molecule has 7 aromatic rings. The molecule has 2 N–H and O–H groups in total. The molecule has 1 unspecified atom stereocenters. The zero-order valence-corrected chi connectivity index (χ0v) is 37.3. The molecule has 306 valence electrons. The summed E-state index contributed by atoms with van der Waals surface area (Å²) in [5.74, 6) is -2.47.